The highest BCUT2D eigenvalue weighted by atomic mass is 32.2. The van der Waals surface area contributed by atoms with Crippen molar-refractivity contribution in [1.29, 1.82) is 0 Å². The number of alkyl halides is 3. The van der Waals surface area contributed by atoms with E-state index >= 15 is 0 Å². The monoisotopic (exact) mass is 402 g/mol. The van der Waals surface area contributed by atoms with Crippen molar-refractivity contribution in [3.8, 4) is 11.3 Å². The average Bonchev–Trinajstić information content (AvgIpc) is 3.49. The van der Waals surface area contributed by atoms with Gasteiger partial charge in [0.2, 0.25) is 5.95 Å². The summed E-state index contributed by atoms with van der Waals surface area (Å²) in [5.74, 6) is -0.905. The molecular formula is C15H17F3N6O2S. The molecule has 2 saturated carbocycles. The van der Waals surface area contributed by atoms with Gasteiger partial charge in [-0.15, -0.1) is 0 Å². The largest absolute Gasteiger partial charge is 0.422 e. The Morgan fingerprint density at radius 2 is 1.89 bits per heavy atom. The molecule has 27 heavy (non-hydrogen) atoms. The van der Waals surface area contributed by atoms with Crippen LogP contribution in [0.15, 0.2) is 6.20 Å². The Bertz CT molecular complexity index is 1010. The Morgan fingerprint density at radius 3 is 2.41 bits per heavy atom. The fourth-order valence-corrected chi connectivity index (χ4v) is 4.47. The lowest BCUT2D eigenvalue weighted by Crippen LogP contribution is -2.18. The van der Waals surface area contributed by atoms with E-state index in [1.54, 1.807) is 0 Å². The van der Waals surface area contributed by atoms with E-state index < -0.39 is 38.5 Å². The van der Waals surface area contributed by atoms with E-state index in [1.807, 2.05) is 0 Å². The van der Waals surface area contributed by atoms with Gasteiger partial charge >= 0.3 is 6.18 Å². The van der Waals surface area contributed by atoms with Gasteiger partial charge in [-0.1, -0.05) is 0 Å². The quantitative estimate of drug-likeness (QED) is 0.788. The van der Waals surface area contributed by atoms with Crippen molar-refractivity contribution in [3.63, 3.8) is 0 Å². The van der Waals surface area contributed by atoms with Crippen LogP contribution in [0, 0.1) is 0 Å². The van der Waals surface area contributed by atoms with E-state index in [2.05, 4.69) is 20.4 Å². The molecule has 2 heterocycles. The molecule has 0 atom stereocenters. The zero-order chi connectivity index (χ0) is 19.6. The molecule has 0 amide bonds. The molecule has 0 saturated heterocycles. The molecule has 2 aliphatic carbocycles. The molecule has 2 aliphatic rings. The number of nitrogens with zero attached hydrogens (tertiary/aromatic N) is 4. The lowest BCUT2D eigenvalue weighted by molar-refractivity contribution is -0.136. The predicted molar refractivity (Wildman–Crippen MR) is 91.5 cm³/mol. The van der Waals surface area contributed by atoms with Gasteiger partial charge < -0.3 is 11.1 Å². The molecule has 0 bridgehead atoms. The van der Waals surface area contributed by atoms with E-state index in [9.17, 15) is 21.6 Å². The third-order valence-electron chi connectivity index (χ3n) is 4.59. The number of nitrogen functional groups attached to an aromatic ring is 1. The van der Waals surface area contributed by atoms with E-state index in [0.717, 1.165) is 23.1 Å². The minimum atomic E-state index is -4.76. The summed E-state index contributed by atoms with van der Waals surface area (Å²) in [7, 11) is -2.43. The molecule has 0 aromatic carbocycles. The number of aromatic nitrogens is 4. The summed E-state index contributed by atoms with van der Waals surface area (Å²) in [6, 6.07) is 0. The topological polar surface area (TPSA) is 116 Å². The standard InChI is InChI=1S/C15H17F3N6O2S/c1-20-13-10(15(16,17)18)12(21-14(19)22-13)9-6-24(23-11(9)7-2-3-7)27(25,26)8-4-5-8/h6-8H,2-5H2,1H3,(H3,19,20,21,22). The van der Waals surface area contributed by atoms with Crippen molar-refractivity contribution in [2.45, 2.75) is 43.0 Å². The number of hydrogen-bond acceptors (Lipinski definition) is 7. The third-order valence-corrected chi connectivity index (χ3v) is 6.62. The van der Waals surface area contributed by atoms with Gasteiger partial charge in [-0.25, -0.2) is 13.4 Å². The second kappa shape index (κ2) is 5.81. The summed E-state index contributed by atoms with van der Waals surface area (Å²) < 4.78 is 67.0. The van der Waals surface area contributed by atoms with Crippen LogP contribution >= 0.6 is 0 Å². The molecule has 0 spiro atoms. The lowest BCUT2D eigenvalue weighted by atomic mass is 10.0. The Labute approximate surface area is 153 Å². The van der Waals surface area contributed by atoms with Crippen LogP contribution in [0.2, 0.25) is 0 Å². The highest BCUT2D eigenvalue weighted by molar-refractivity contribution is 7.90. The van der Waals surface area contributed by atoms with Crippen LogP contribution < -0.4 is 11.1 Å². The van der Waals surface area contributed by atoms with Gasteiger partial charge in [-0.05, 0) is 25.7 Å². The second-order valence-corrected chi connectivity index (χ2v) is 8.79. The van der Waals surface area contributed by atoms with Crippen molar-refractivity contribution >= 4 is 21.8 Å². The van der Waals surface area contributed by atoms with Crippen LogP contribution in [-0.2, 0) is 16.2 Å². The molecule has 146 valence electrons. The van der Waals surface area contributed by atoms with Crippen LogP contribution in [0.3, 0.4) is 0 Å². The average molecular weight is 402 g/mol. The van der Waals surface area contributed by atoms with Crippen LogP contribution in [-0.4, -0.2) is 39.9 Å². The Kier molecular flexibility index (Phi) is 3.88. The van der Waals surface area contributed by atoms with Crippen LogP contribution in [0.25, 0.3) is 11.3 Å². The van der Waals surface area contributed by atoms with E-state index in [0.29, 0.717) is 18.5 Å². The minimum absolute atomic E-state index is 0.0275. The maximum atomic E-state index is 13.7. The first-order valence-electron chi connectivity index (χ1n) is 8.39. The maximum Gasteiger partial charge on any atom is 0.422 e. The number of nitrogens with one attached hydrogen (secondary N) is 1. The van der Waals surface area contributed by atoms with Crippen LogP contribution in [0.1, 0.15) is 42.9 Å². The van der Waals surface area contributed by atoms with Crippen molar-refractivity contribution in [2.24, 2.45) is 0 Å². The summed E-state index contributed by atoms with van der Waals surface area (Å²) in [6.07, 6.45) is -1.14. The van der Waals surface area contributed by atoms with Crippen LogP contribution in [0.4, 0.5) is 24.9 Å². The molecule has 4 rings (SSSR count). The molecule has 0 aliphatic heterocycles. The SMILES string of the molecule is CNc1nc(N)nc(-c2cn(S(=O)(=O)C3CC3)nc2C2CC2)c1C(F)(F)F. The molecule has 2 aromatic rings. The van der Waals surface area contributed by atoms with Crippen molar-refractivity contribution in [2.75, 3.05) is 18.1 Å². The van der Waals surface area contributed by atoms with E-state index in [-0.39, 0.29) is 17.4 Å². The van der Waals surface area contributed by atoms with Gasteiger partial charge in [0, 0.05) is 18.5 Å². The molecule has 0 unspecified atom stereocenters. The summed E-state index contributed by atoms with van der Waals surface area (Å²) in [4.78, 5) is 7.42. The number of halogens is 3. The Hall–Kier alpha value is -2.37. The zero-order valence-electron chi connectivity index (χ0n) is 14.3. The van der Waals surface area contributed by atoms with Gasteiger partial charge in [-0.2, -0.15) is 27.3 Å². The summed E-state index contributed by atoms with van der Waals surface area (Å²) >= 11 is 0. The van der Waals surface area contributed by atoms with Crippen LogP contribution in [0.5, 0.6) is 0 Å². The first-order valence-corrected chi connectivity index (χ1v) is 9.90. The first-order chi connectivity index (χ1) is 12.6. The normalized spacial score (nSPS) is 17.9. The van der Waals surface area contributed by atoms with Crippen molar-refractivity contribution < 1.29 is 21.6 Å². The van der Waals surface area contributed by atoms with Gasteiger partial charge in [0.05, 0.1) is 22.8 Å². The Morgan fingerprint density at radius 1 is 1.22 bits per heavy atom. The Balaban J connectivity index is 1.96. The molecule has 2 fully saturated rings. The lowest BCUT2D eigenvalue weighted by Gasteiger charge is -2.16. The highest BCUT2D eigenvalue weighted by Crippen LogP contribution is 2.47. The zero-order valence-corrected chi connectivity index (χ0v) is 15.1. The minimum Gasteiger partial charge on any atom is -0.372 e. The smallest absolute Gasteiger partial charge is 0.372 e. The van der Waals surface area contributed by atoms with E-state index in [1.165, 1.54) is 7.05 Å². The maximum absolute atomic E-state index is 13.7. The van der Waals surface area contributed by atoms with Crippen molar-refractivity contribution in [3.05, 3.63) is 17.5 Å². The van der Waals surface area contributed by atoms with Crippen molar-refractivity contribution in [1.82, 2.24) is 19.2 Å². The number of hydrogen-bond donors (Lipinski definition) is 2. The molecule has 12 heteroatoms. The first kappa shape index (κ1) is 18.0. The summed E-state index contributed by atoms with van der Waals surface area (Å²) in [5, 5.41) is 5.98. The predicted octanol–water partition coefficient (Wildman–Crippen LogP) is 2.20. The number of rotatable bonds is 5. The fraction of sp³-hybridized carbons (Fsp3) is 0.533. The van der Waals surface area contributed by atoms with Gasteiger partial charge in [0.1, 0.15) is 11.4 Å². The fourth-order valence-electron chi connectivity index (χ4n) is 2.98. The third kappa shape index (κ3) is 3.11. The number of anilines is 2. The summed E-state index contributed by atoms with van der Waals surface area (Å²) in [6.45, 7) is 0. The highest BCUT2D eigenvalue weighted by Gasteiger charge is 2.43. The molecular weight excluding hydrogens is 385 g/mol. The molecule has 0 radical (unpaired) electrons. The van der Waals surface area contributed by atoms with Gasteiger partial charge in [0.15, 0.2) is 0 Å². The molecule has 8 nitrogen and oxygen atoms in total. The second-order valence-electron chi connectivity index (χ2n) is 6.72. The molecule has 3 N–H and O–H groups in total. The van der Waals surface area contributed by atoms with Gasteiger partial charge in [0.25, 0.3) is 10.0 Å². The van der Waals surface area contributed by atoms with E-state index in [4.69, 9.17) is 5.73 Å². The van der Waals surface area contributed by atoms with Gasteiger partial charge in [-0.3, -0.25) is 0 Å². The molecule has 2 aromatic heterocycles. The number of nitrogens with two attached hydrogens (primary N) is 1. The summed E-state index contributed by atoms with van der Waals surface area (Å²) in [5.41, 5.74) is 4.37.